The number of Topliss-reactive ketones (excluding diaryl/α,β-unsaturated/α-hetero) is 1. The first-order valence-corrected chi connectivity index (χ1v) is 5.40. The number of ketones is 1. The fourth-order valence-corrected chi connectivity index (χ4v) is 1.89. The molecule has 0 N–H and O–H groups in total. The lowest BCUT2D eigenvalue weighted by Crippen LogP contribution is -2.33. The second-order valence-electron chi connectivity index (χ2n) is 4.00. The molecule has 3 heteroatoms. The Labute approximate surface area is 98.5 Å². The Balaban J connectivity index is 2.38. The van der Waals surface area contributed by atoms with Gasteiger partial charge in [-0.3, -0.25) is 4.79 Å². The Kier molecular flexibility index (Phi) is 2.92. The fraction of sp³-hybridized carbons (Fsp3) is 0.214. The maximum Gasteiger partial charge on any atom is 0.330 e. The van der Waals surface area contributed by atoms with Gasteiger partial charge in [-0.2, -0.15) is 8.78 Å². The number of carbonyl (C=O) groups is 1. The molecule has 0 atom stereocenters. The summed E-state index contributed by atoms with van der Waals surface area (Å²) in [5.74, 6) is -4.42. The highest BCUT2D eigenvalue weighted by molar-refractivity contribution is 5.97. The Hall–Kier alpha value is -1.77. The van der Waals surface area contributed by atoms with Gasteiger partial charge >= 0.3 is 5.92 Å². The molecule has 1 nitrogen and oxygen atoms in total. The number of allylic oxidation sites excluding steroid dienone is 3. The number of halogens is 2. The minimum Gasteiger partial charge on any atom is -0.293 e. The molecule has 1 aliphatic rings. The van der Waals surface area contributed by atoms with Crippen LogP contribution in [-0.4, -0.2) is 11.7 Å². The molecular formula is C14H12F2O. The van der Waals surface area contributed by atoms with Crippen LogP contribution in [0.5, 0.6) is 0 Å². The predicted octanol–water partition coefficient (Wildman–Crippen LogP) is 3.62. The molecule has 88 valence electrons. The van der Waals surface area contributed by atoms with Crippen molar-refractivity contribution in [3.63, 3.8) is 0 Å². The van der Waals surface area contributed by atoms with Crippen LogP contribution in [0.25, 0.3) is 5.57 Å². The summed E-state index contributed by atoms with van der Waals surface area (Å²) in [6, 6.07) is 8.72. The molecule has 0 fully saturated rings. The first-order valence-electron chi connectivity index (χ1n) is 5.40. The van der Waals surface area contributed by atoms with Crippen molar-refractivity contribution in [2.75, 3.05) is 0 Å². The molecular weight excluding hydrogens is 222 g/mol. The molecule has 0 spiro atoms. The lowest BCUT2D eigenvalue weighted by atomic mass is 9.87. The van der Waals surface area contributed by atoms with Crippen LogP contribution in [0, 0.1) is 0 Å². The maximum absolute atomic E-state index is 13.7. The average molecular weight is 234 g/mol. The van der Waals surface area contributed by atoms with E-state index in [1.807, 2.05) is 0 Å². The Morgan fingerprint density at radius 2 is 1.88 bits per heavy atom. The molecule has 0 amide bonds. The van der Waals surface area contributed by atoms with E-state index in [1.54, 1.807) is 30.3 Å². The number of carbonyl (C=O) groups excluding carboxylic acids is 1. The van der Waals surface area contributed by atoms with E-state index in [0.29, 0.717) is 12.0 Å². The van der Waals surface area contributed by atoms with Crippen molar-refractivity contribution in [1.29, 1.82) is 0 Å². The fourth-order valence-electron chi connectivity index (χ4n) is 1.89. The SMILES string of the molecule is C=C(C1=CCCC(=O)C1(F)F)c1ccccc1. The smallest absolute Gasteiger partial charge is 0.293 e. The summed E-state index contributed by atoms with van der Waals surface area (Å²) in [5, 5.41) is 0. The number of hydrogen-bond acceptors (Lipinski definition) is 1. The average Bonchev–Trinajstić information content (AvgIpc) is 2.33. The second-order valence-corrected chi connectivity index (χ2v) is 4.00. The largest absolute Gasteiger partial charge is 0.330 e. The number of alkyl halides is 2. The van der Waals surface area contributed by atoms with Gasteiger partial charge in [0, 0.05) is 12.0 Å². The molecule has 1 aliphatic carbocycles. The minimum absolute atomic E-state index is 0.0986. The summed E-state index contributed by atoms with van der Waals surface area (Å²) in [6.45, 7) is 3.68. The predicted molar refractivity (Wildman–Crippen MR) is 62.7 cm³/mol. The highest BCUT2D eigenvalue weighted by Gasteiger charge is 2.44. The first-order chi connectivity index (χ1) is 8.03. The molecule has 0 radical (unpaired) electrons. The van der Waals surface area contributed by atoms with Gasteiger partial charge in [-0.05, 0) is 17.6 Å². The highest BCUT2D eigenvalue weighted by atomic mass is 19.3. The van der Waals surface area contributed by atoms with Crippen molar-refractivity contribution < 1.29 is 13.6 Å². The monoisotopic (exact) mass is 234 g/mol. The lowest BCUT2D eigenvalue weighted by molar-refractivity contribution is -0.138. The topological polar surface area (TPSA) is 17.1 Å². The number of rotatable bonds is 2. The van der Waals surface area contributed by atoms with Crippen LogP contribution >= 0.6 is 0 Å². The van der Waals surface area contributed by atoms with Crippen LogP contribution in [0.4, 0.5) is 8.78 Å². The van der Waals surface area contributed by atoms with E-state index >= 15 is 0 Å². The van der Waals surface area contributed by atoms with E-state index in [-0.39, 0.29) is 17.6 Å². The molecule has 0 aliphatic heterocycles. The van der Waals surface area contributed by atoms with Crippen molar-refractivity contribution in [2.24, 2.45) is 0 Å². The van der Waals surface area contributed by atoms with Crippen LogP contribution in [0.15, 0.2) is 48.6 Å². The van der Waals surface area contributed by atoms with E-state index in [2.05, 4.69) is 6.58 Å². The van der Waals surface area contributed by atoms with E-state index in [4.69, 9.17) is 0 Å². The van der Waals surface area contributed by atoms with Crippen molar-refractivity contribution in [2.45, 2.75) is 18.8 Å². The van der Waals surface area contributed by atoms with E-state index in [0.717, 1.165) is 0 Å². The third-order valence-corrected chi connectivity index (χ3v) is 2.86. The zero-order valence-electron chi connectivity index (χ0n) is 9.25. The van der Waals surface area contributed by atoms with Crippen molar-refractivity contribution in [3.8, 4) is 0 Å². The van der Waals surface area contributed by atoms with E-state index in [9.17, 15) is 13.6 Å². The third kappa shape index (κ3) is 2.05. The first kappa shape index (κ1) is 11.7. The Morgan fingerprint density at radius 3 is 2.53 bits per heavy atom. The van der Waals surface area contributed by atoms with Crippen LogP contribution in [-0.2, 0) is 4.79 Å². The van der Waals surface area contributed by atoms with Gasteiger partial charge in [-0.15, -0.1) is 0 Å². The van der Waals surface area contributed by atoms with E-state index in [1.165, 1.54) is 6.08 Å². The molecule has 0 heterocycles. The standard InChI is InChI=1S/C14H12F2O/c1-10(11-6-3-2-4-7-11)12-8-5-9-13(17)14(12,15)16/h2-4,6-8H,1,5,9H2. The minimum atomic E-state index is -3.40. The molecule has 0 unspecified atom stereocenters. The summed E-state index contributed by atoms with van der Waals surface area (Å²) in [6.07, 6.45) is 1.67. The zero-order chi connectivity index (χ0) is 12.5. The molecule has 0 bridgehead atoms. The normalized spacial score (nSPS) is 18.7. The number of hydrogen-bond donors (Lipinski definition) is 0. The Bertz CT molecular complexity index is 486. The molecule has 0 saturated heterocycles. The van der Waals surface area contributed by atoms with Gasteiger partial charge in [-0.1, -0.05) is 43.0 Å². The van der Waals surface area contributed by atoms with Crippen LogP contribution in [0.1, 0.15) is 18.4 Å². The molecule has 17 heavy (non-hydrogen) atoms. The van der Waals surface area contributed by atoms with Gasteiger partial charge in [0.15, 0.2) is 0 Å². The van der Waals surface area contributed by atoms with Crippen LogP contribution < -0.4 is 0 Å². The van der Waals surface area contributed by atoms with Gasteiger partial charge < -0.3 is 0 Å². The molecule has 0 aromatic heterocycles. The number of benzene rings is 1. The van der Waals surface area contributed by atoms with Gasteiger partial charge in [-0.25, -0.2) is 0 Å². The molecule has 2 rings (SSSR count). The molecule has 0 saturated carbocycles. The van der Waals surface area contributed by atoms with Crippen LogP contribution in [0.3, 0.4) is 0 Å². The zero-order valence-corrected chi connectivity index (χ0v) is 9.25. The van der Waals surface area contributed by atoms with Crippen molar-refractivity contribution in [3.05, 3.63) is 54.1 Å². The van der Waals surface area contributed by atoms with Crippen LogP contribution in [0.2, 0.25) is 0 Å². The van der Waals surface area contributed by atoms with Gasteiger partial charge in [0.2, 0.25) is 5.78 Å². The Morgan fingerprint density at radius 1 is 1.24 bits per heavy atom. The van der Waals surface area contributed by atoms with Crippen molar-refractivity contribution >= 4 is 11.4 Å². The maximum atomic E-state index is 13.7. The summed E-state index contributed by atoms with van der Waals surface area (Å²) in [7, 11) is 0. The second kappa shape index (κ2) is 4.24. The summed E-state index contributed by atoms with van der Waals surface area (Å²) in [5.41, 5.74) is 0.594. The van der Waals surface area contributed by atoms with Crippen molar-refractivity contribution in [1.82, 2.24) is 0 Å². The van der Waals surface area contributed by atoms with E-state index < -0.39 is 11.7 Å². The quantitative estimate of drug-likeness (QED) is 0.763. The molecule has 1 aromatic rings. The third-order valence-electron chi connectivity index (χ3n) is 2.86. The summed E-state index contributed by atoms with van der Waals surface area (Å²) < 4.78 is 27.4. The lowest BCUT2D eigenvalue weighted by Gasteiger charge is -2.24. The highest BCUT2D eigenvalue weighted by Crippen LogP contribution is 2.39. The van der Waals surface area contributed by atoms with Gasteiger partial charge in [0.25, 0.3) is 0 Å². The summed E-state index contributed by atoms with van der Waals surface area (Å²) >= 11 is 0. The van der Waals surface area contributed by atoms with Gasteiger partial charge in [0.1, 0.15) is 0 Å². The summed E-state index contributed by atoms with van der Waals surface area (Å²) in [4.78, 5) is 11.2. The van der Waals surface area contributed by atoms with Gasteiger partial charge in [0.05, 0.1) is 0 Å². The molecule has 1 aromatic carbocycles.